The SMILES string of the molecule is Cc1cc(-c2c3ccccc3c(-c3ccccc3)c3ccccc23)cc2c1oc1cc3ccccc3cc12. The van der Waals surface area contributed by atoms with Crippen molar-refractivity contribution in [3.8, 4) is 22.3 Å². The highest BCUT2D eigenvalue weighted by Gasteiger charge is 2.18. The standard InChI is InChI=1S/C37H24O/c1-23-19-27(21-33-32-20-25-13-5-6-14-26(25)22-34(32)38-37(23)33)36-30-17-9-7-15-28(30)35(24-11-3-2-4-12-24)29-16-8-10-18-31(29)36/h2-22H,1H3. The van der Waals surface area contributed by atoms with Crippen LogP contribution < -0.4 is 0 Å². The van der Waals surface area contributed by atoms with Crippen LogP contribution in [0.1, 0.15) is 5.56 Å². The van der Waals surface area contributed by atoms with Crippen LogP contribution in [0.5, 0.6) is 0 Å². The summed E-state index contributed by atoms with van der Waals surface area (Å²) in [5.41, 5.74) is 8.08. The number of aryl methyl sites for hydroxylation is 1. The zero-order chi connectivity index (χ0) is 25.2. The Labute approximate surface area is 220 Å². The van der Waals surface area contributed by atoms with Gasteiger partial charge in [0.25, 0.3) is 0 Å². The summed E-state index contributed by atoms with van der Waals surface area (Å²) in [7, 11) is 0. The first kappa shape index (κ1) is 21.2. The van der Waals surface area contributed by atoms with E-state index in [1.165, 1.54) is 60.0 Å². The van der Waals surface area contributed by atoms with Crippen molar-refractivity contribution in [3.63, 3.8) is 0 Å². The quantitative estimate of drug-likeness (QED) is 0.222. The minimum absolute atomic E-state index is 0.938. The first-order valence-electron chi connectivity index (χ1n) is 13.1. The van der Waals surface area contributed by atoms with Gasteiger partial charge in [0.05, 0.1) is 0 Å². The van der Waals surface area contributed by atoms with E-state index in [1.54, 1.807) is 0 Å². The molecule has 0 aliphatic heterocycles. The van der Waals surface area contributed by atoms with Gasteiger partial charge in [-0.25, -0.2) is 0 Å². The summed E-state index contributed by atoms with van der Waals surface area (Å²) in [6.07, 6.45) is 0. The number of furan rings is 1. The van der Waals surface area contributed by atoms with Crippen molar-refractivity contribution in [2.24, 2.45) is 0 Å². The molecule has 1 heterocycles. The Morgan fingerprint density at radius 2 is 0.947 bits per heavy atom. The molecule has 0 N–H and O–H groups in total. The molecule has 0 radical (unpaired) electrons. The van der Waals surface area contributed by atoms with Gasteiger partial charge in [0.1, 0.15) is 11.2 Å². The summed E-state index contributed by atoms with van der Waals surface area (Å²) < 4.78 is 6.43. The highest BCUT2D eigenvalue weighted by molar-refractivity contribution is 6.22. The highest BCUT2D eigenvalue weighted by atomic mass is 16.3. The summed E-state index contributed by atoms with van der Waals surface area (Å²) in [4.78, 5) is 0. The van der Waals surface area contributed by atoms with Crippen molar-refractivity contribution in [2.75, 3.05) is 0 Å². The van der Waals surface area contributed by atoms with E-state index in [0.717, 1.165) is 22.1 Å². The molecule has 1 nitrogen and oxygen atoms in total. The van der Waals surface area contributed by atoms with Crippen molar-refractivity contribution >= 4 is 54.3 Å². The molecule has 0 atom stereocenters. The van der Waals surface area contributed by atoms with Gasteiger partial charge in [-0.3, -0.25) is 0 Å². The van der Waals surface area contributed by atoms with Crippen LogP contribution in [0.4, 0.5) is 0 Å². The van der Waals surface area contributed by atoms with Gasteiger partial charge >= 0.3 is 0 Å². The largest absolute Gasteiger partial charge is 0.456 e. The molecule has 8 aromatic rings. The Bertz CT molecular complexity index is 2120. The predicted molar refractivity (Wildman–Crippen MR) is 162 cm³/mol. The Morgan fingerprint density at radius 3 is 1.58 bits per heavy atom. The summed E-state index contributed by atoms with van der Waals surface area (Å²) in [6.45, 7) is 2.16. The molecule has 1 aromatic heterocycles. The van der Waals surface area contributed by atoms with Gasteiger partial charge in [-0.05, 0) is 91.3 Å². The van der Waals surface area contributed by atoms with Gasteiger partial charge in [0.15, 0.2) is 0 Å². The van der Waals surface area contributed by atoms with Crippen LogP contribution in [0, 0.1) is 6.92 Å². The van der Waals surface area contributed by atoms with Crippen LogP contribution in [0.25, 0.3) is 76.5 Å². The topological polar surface area (TPSA) is 13.1 Å². The molecule has 7 aromatic carbocycles. The van der Waals surface area contributed by atoms with E-state index in [-0.39, 0.29) is 0 Å². The lowest BCUT2D eigenvalue weighted by atomic mass is 9.85. The van der Waals surface area contributed by atoms with Crippen LogP contribution >= 0.6 is 0 Å². The Balaban J connectivity index is 1.50. The molecule has 178 valence electrons. The van der Waals surface area contributed by atoms with E-state index < -0.39 is 0 Å². The van der Waals surface area contributed by atoms with E-state index in [0.29, 0.717) is 0 Å². The molecule has 38 heavy (non-hydrogen) atoms. The Hall–Kier alpha value is -4.88. The van der Waals surface area contributed by atoms with Gasteiger partial charge in [0.2, 0.25) is 0 Å². The maximum Gasteiger partial charge on any atom is 0.138 e. The second kappa shape index (κ2) is 8.06. The first-order chi connectivity index (χ1) is 18.8. The van der Waals surface area contributed by atoms with Crippen LogP contribution in [-0.4, -0.2) is 0 Å². The minimum atomic E-state index is 0.938. The number of benzene rings is 7. The predicted octanol–water partition coefficient (Wildman–Crippen LogP) is 10.7. The van der Waals surface area contributed by atoms with Crippen molar-refractivity contribution in [3.05, 3.63) is 133 Å². The second-order valence-corrected chi connectivity index (χ2v) is 10.2. The monoisotopic (exact) mass is 484 g/mol. The molecule has 0 spiro atoms. The van der Waals surface area contributed by atoms with E-state index in [1.807, 2.05) is 0 Å². The molecule has 0 bridgehead atoms. The zero-order valence-corrected chi connectivity index (χ0v) is 21.0. The lowest BCUT2D eigenvalue weighted by Gasteiger charge is -2.18. The smallest absolute Gasteiger partial charge is 0.138 e. The molecule has 8 rings (SSSR count). The minimum Gasteiger partial charge on any atom is -0.456 e. The maximum absolute atomic E-state index is 6.43. The van der Waals surface area contributed by atoms with E-state index >= 15 is 0 Å². The zero-order valence-electron chi connectivity index (χ0n) is 21.0. The van der Waals surface area contributed by atoms with Gasteiger partial charge in [-0.2, -0.15) is 0 Å². The fourth-order valence-corrected chi connectivity index (χ4v) is 6.23. The molecular formula is C37H24O. The van der Waals surface area contributed by atoms with Gasteiger partial charge in [-0.1, -0.05) is 103 Å². The van der Waals surface area contributed by atoms with Crippen LogP contribution in [0.3, 0.4) is 0 Å². The average Bonchev–Trinajstić information content (AvgIpc) is 3.33. The number of fused-ring (bicyclic) bond motifs is 6. The van der Waals surface area contributed by atoms with Crippen molar-refractivity contribution < 1.29 is 4.42 Å². The molecule has 0 saturated carbocycles. The molecule has 0 aliphatic rings. The van der Waals surface area contributed by atoms with Crippen molar-refractivity contribution in [1.29, 1.82) is 0 Å². The molecular weight excluding hydrogens is 460 g/mol. The molecule has 0 unspecified atom stereocenters. The van der Waals surface area contributed by atoms with Crippen LogP contribution in [0.15, 0.2) is 132 Å². The Kier molecular flexibility index (Phi) is 4.50. The van der Waals surface area contributed by atoms with Crippen molar-refractivity contribution in [1.82, 2.24) is 0 Å². The fourth-order valence-electron chi connectivity index (χ4n) is 6.23. The lowest BCUT2D eigenvalue weighted by Crippen LogP contribution is -1.91. The third-order valence-corrected chi connectivity index (χ3v) is 7.91. The molecule has 0 fully saturated rings. The van der Waals surface area contributed by atoms with Gasteiger partial charge in [0, 0.05) is 10.8 Å². The second-order valence-electron chi connectivity index (χ2n) is 10.2. The number of rotatable bonds is 2. The third-order valence-electron chi connectivity index (χ3n) is 7.91. The molecule has 0 saturated heterocycles. The Morgan fingerprint density at radius 1 is 0.421 bits per heavy atom. The maximum atomic E-state index is 6.43. The van der Waals surface area contributed by atoms with Gasteiger partial charge in [-0.15, -0.1) is 0 Å². The van der Waals surface area contributed by atoms with E-state index in [9.17, 15) is 0 Å². The first-order valence-corrected chi connectivity index (χ1v) is 13.1. The van der Waals surface area contributed by atoms with Crippen molar-refractivity contribution in [2.45, 2.75) is 6.92 Å². The van der Waals surface area contributed by atoms with Crippen LogP contribution in [0.2, 0.25) is 0 Å². The highest BCUT2D eigenvalue weighted by Crippen LogP contribution is 2.45. The van der Waals surface area contributed by atoms with Gasteiger partial charge < -0.3 is 4.42 Å². The van der Waals surface area contributed by atoms with E-state index in [4.69, 9.17) is 4.42 Å². The molecule has 0 aliphatic carbocycles. The fraction of sp³-hybridized carbons (Fsp3) is 0.0270. The summed E-state index contributed by atoms with van der Waals surface area (Å²) in [5.74, 6) is 0. The third kappa shape index (κ3) is 3.06. The summed E-state index contributed by atoms with van der Waals surface area (Å²) >= 11 is 0. The van der Waals surface area contributed by atoms with E-state index in [2.05, 4.69) is 134 Å². The summed E-state index contributed by atoms with van der Waals surface area (Å²) in [6, 6.07) is 46.0. The number of hydrogen-bond donors (Lipinski definition) is 0. The normalized spacial score (nSPS) is 11.8. The molecule has 1 heteroatoms. The molecule has 0 amide bonds. The van der Waals surface area contributed by atoms with Crippen LogP contribution in [-0.2, 0) is 0 Å². The lowest BCUT2D eigenvalue weighted by molar-refractivity contribution is 0.666. The number of hydrogen-bond acceptors (Lipinski definition) is 1. The average molecular weight is 485 g/mol. The summed E-state index contributed by atoms with van der Waals surface area (Å²) in [5, 5.41) is 9.84.